The molecule has 0 saturated carbocycles. The molecule has 0 aliphatic carbocycles. The molecule has 0 spiro atoms. The van der Waals surface area contributed by atoms with Gasteiger partial charge in [-0.3, -0.25) is 0 Å². The molecule has 0 aromatic heterocycles. The number of hydrogen-bond donors (Lipinski definition) is 1. The number of halogens is 6. The van der Waals surface area contributed by atoms with Gasteiger partial charge in [0.1, 0.15) is 6.04 Å². The highest BCUT2D eigenvalue weighted by Gasteiger charge is 2.37. The Labute approximate surface area is 93.2 Å². The van der Waals surface area contributed by atoms with Gasteiger partial charge in [0.05, 0.1) is 11.1 Å². The van der Waals surface area contributed by atoms with Crippen LogP contribution in [0, 0.1) is 0 Å². The van der Waals surface area contributed by atoms with E-state index < -0.39 is 29.5 Å². The highest BCUT2D eigenvalue weighted by Crippen LogP contribution is 2.36. The maximum Gasteiger partial charge on any atom is 0.416 e. The van der Waals surface area contributed by atoms with Gasteiger partial charge in [-0.2, -0.15) is 26.3 Å². The van der Waals surface area contributed by atoms with Crippen LogP contribution >= 0.6 is 0 Å². The van der Waals surface area contributed by atoms with E-state index in [1.54, 1.807) is 0 Å². The Balaban J connectivity index is 3.40. The predicted octanol–water partition coefficient (Wildman–Crippen LogP) is 3.03. The first-order valence-corrected chi connectivity index (χ1v) is 4.64. The number of alkyl halides is 6. The van der Waals surface area contributed by atoms with Gasteiger partial charge in [0.2, 0.25) is 0 Å². The van der Waals surface area contributed by atoms with Crippen molar-refractivity contribution in [3.05, 3.63) is 34.9 Å². The maximum atomic E-state index is 12.4. The lowest BCUT2D eigenvalue weighted by Gasteiger charge is -2.14. The molecule has 96 valence electrons. The summed E-state index contributed by atoms with van der Waals surface area (Å²) in [6.45, 7) is 1.43. The summed E-state index contributed by atoms with van der Waals surface area (Å²) in [6.07, 6.45) is -9.60. The molecule has 1 atom stereocenters. The Morgan fingerprint density at radius 1 is 0.882 bits per heavy atom. The molecule has 0 unspecified atom stereocenters. The van der Waals surface area contributed by atoms with E-state index in [4.69, 9.17) is 0 Å². The van der Waals surface area contributed by atoms with Crippen molar-refractivity contribution in [2.24, 2.45) is 0 Å². The van der Waals surface area contributed by atoms with Crippen molar-refractivity contribution in [1.29, 1.82) is 0 Å². The fraction of sp³-hybridized carbons (Fsp3) is 0.400. The Bertz CT molecular complexity index is 372. The van der Waals surface area contributed by atoms with Crippen LogP contribution in [0.3, 0.4) is 0 Å². The minimum absolute atomic E-state index is 0.0906. The van der Waals surface area contributed by atoms with Crippen molar-refractivity contribution in [1.82, 2.24) is 0 Å². The molecule has 1 aromatic rings. The summed E-state index contributed by atoms with van der Waals surface area (Å²) >= 11 is 0. The van der Waals surface area contributed by atoms with Crippen LogP contribution in [0.25, 0.3) is 0 Å². The molecule has 0 heterocycles. The van der Waals surface area contributed by atoms with E-state index in [0.717, 1.165) is 0 Å². The first kappa shape index (κ1) is 13.8. The molecule has 1 rings (SSSR count). The summed E-state index contributed by atoms with van der Waals surface area (Å²) in [5, 5.41) is 0. The van der Waals surface area contributed by atoms with E-state index in [0.29, 0.717) is 12.1 Å². The van der Waals surface area contributed by atoms with E-state index in [1.807, 2.05) is 0 Å². The molecule has 1 nitrogen and oxygen atoms in total. The standard InChI is InChI=1S/C10H9F6N/c1-5(17)6-2-7(9(11,12)13)4-8(3-6)10(14,15)16/h2-5H,17H2,1H3/p+1/t5-/m0/s1. The zero-order valence-corrected chi connectivity index (χ0v) is 8.78. The van der Waals surface area contributed by atoms with Crippen molar-refractivity contribution in [3.8, 4) is 0 Å². The number of hydrogen-bond acceptors (Lipinski definition) is 0. The second kappa shape index (κ2) is 4.21. The minimum atomic E-state index is -4.80. The van der Waals surface area contributed by atoms with Gasteiger partial charge in [-0.05, 0) is 25.1 Å². The molecule has 0 aliphatic rings. The van der Waals surface area contributed by atoms with Gasteiger partial charge < -0.3 is 5.73 Å². The lowest BCUT2D eigenvalue weighted by molar-refractivity contribution is -0.420. The SMILES string of the molecule is C[C@H]([NH3+])c1cc(C(F)(F)F)cc(C(F)(F)F)c1. The van der Waals surface area contributed by atoms with Crippen LogP contribution in [0.1, 0.15) is 29.7 Å². The van der Waals surface area contributed by atoms with E-state index in [2.05, 4.69) is 5.73 Å². The second-order valence-electron chi connectivity index (χ2n) is 3.74. The summed E-state index contributed by atoms with van der Waals surface area (Å²) in [6, 6.07) is 0.824. The third-order valence-electron chi connectivity index (χ3n) is 2.18. The Hall–Kier alpha value is -1.24. The molecule has 0 amide bonds. The average Bonchev–Trinajstić information content (AvgIpc) is 2.14. The lowest BCUT2D eigenvalue weighted by atomic mass is 10.0. The van der Waals surface area contributed by atoms with Crippen LogP contribution in [-0.2, 0) is 12.4 Å². The van der Waals surface area contributed by atoms with Crippen molar-refractivity contribution in [3.63, 3.8) is 0 Å². The van der Waals surface area contributed by atoms with E-state index in [9.17, 15) is 26.3 Å². The van der Waals surface area contributed by atoms with Crippen molar-refractivity contribution < 1.29 is 32.1 Å². The van der Waals surface area contributed by atoms with E-state index in [1.165, 1.54) is 6.92 Å². The van der Waals surface area contributed by atoms with Crippen molar-refractivity contribution in [2.75, 3.05) is 0 Å². The quantitative estimate of drug-likeness (QED) is 0.750. The monoisotopic (exact) mass is 258 g/mol. The molecule has 7 heteroatoms. The van der Waals surface area contributed by atoms with Gasteiger partial charge in [-0.1, -0.05) is 0 Å². The number of rotatable bonds is 1. The molecule has 17 heavy (non-hydrogen) atoms. The zero-order valence-electron chi connectivity index (χ0n) is 8.78. The Morgan fingerprint density at radius 3 is 1.47 bits per heavy atom. The molecule has 0 fully saturated rings. The molecule has 0 bridgehead atoms. The van der Waals surface area contributed by atoms with Gasteiger partial charge in [0, 0.05) is 5.56 Å². The predicted molar refractivity (Wildman–Crippen MR) is 47.7 cm³/mol. The molecule has 3 N–H and O–H groups in total. The minimum Gasteiger partial charge on any atom is -0.352 e. The van der Waals surface area contributed by atoms with Gasteiger partial charge in [-0.15, -0.1) is 0 Å². The highest BCUT2D eigenvalue weighted by molar-refractivity contribution is 5.34. The van der Waals surface area contributed by atoms with Crippen LogP contribution in [-0.4, -0.2) is 0 Å². The first-order chi connectivity index (χ1) is 7.51. The smallest absolute Gasteiger partial charge is 0.352 e. The van der Waals surface area contributed by atoms with Gasteiger partial charge in [0.25, 0.3) is 0 Å². The van der Waals surface area contributed by atoms with Crippen molar-refractivity contribution in [2.45, 2.75) is 25.3 Å². The summed E-state index contributed by atoms with van der Waals surface area (Å²) in [7, 11) is 0. The first-order valence-electron chi connectivity index (χ1n) is 4.64. The molecule has 0 saturated heterocycles. The lowest BCUT2D eigenvalue weighted by Crippen LogP contribution is -2.51. The molecule has 0 aliphatic heterocycles. The average molecular weight is 258 g/mol. The largest absolute Gasteiger partial charge is 0.416 e. The summed E-state index contributed by atoms with van der Waals surface area (Å²) in [5.41, 5.74) is 0.715. The molecule has 1 aromatic carbocycles. The van der Waals surface area contributed by atoms with Crippen LogP contribution in [0.4, 0.5) is 26.3 Å². The van der Waals surface area contributed by atoms with E-state index in [-0.39, 0.29) is 11.6 Å². The Morgan fingerprint density at radius 2 is 1.24 bits per heavy atom. The van der Waals surface area contributed by atoms with Gasteiger partial charge in [-0.25, -0.2) is 0 Å². The zero-order chi connectivity index (χ0) is 13.4. The third kappa shape index (κ3) is 3.36. The summed E-state index contributed by atoms with van der Waals surface area (Å²) < 4.78 is 74.5. The van der Waals surface area contributed by atoms with Crippen LogP contribution in [0.2, 0.25) is 0 Å². The fourth-order valence-electron chi connectivity index (χ4n) is 1.26. The van der Waals surface area contributed by atoms with Crippen molar-refractivity contribution >= 4 is 0 Å². The maximum absolute atomic E-state index is 12.4. The Kier molecular flexibility index (Phi) is 3.42. The normalized spacial score (nSPS) is 14.8. The second-order valence-corrected chi connectivity index (χ2v) is 3.74. The molecular weight excluding hydrogens is 248 g/mol. The van der Waals surface area contributed by atoms with Crippen LogP contribution in [0.15, 0.2) is 18.2 Å². The third-order valence-corrected chi connectivity index (χ3v) is 2.18. The topological polar surface area (TPSA) is 27.6 Å². The summed E-state index contributed by atoms with van der Waals surface area (Å²) in [5.74, 6) is 0. The van der Waals surface area contributed by atoms with Crippen LogP contribution in [0.5, 0.6) is 0 Å². The number of benzene rings is 1. The molecular formula is C10H10F6N+. The fourth-order valence-corrected chi connectivity index (χ4v) is 1.26. The number of quaternary nitrogens is 1. The van der Waals surface area contributed by atoms with Gasteiger partial charge >= 0.3 is 12.4 Å². The summed E-state index contributed by atoms with van der Waals surface area (Å²) in [4.78, 5) is 0. The van der Waals surface area contributed by atoms with Crippen LogP contribution < -0.4 is 5.73 Å². The van der Waals surface area contributed by atoms with E-state index >= 15 is 0 Å². The van der Waals surface area contributed by atoms with Gasteiger partial charge in [0.15, 0.2) is 0 Å². The highest BCUT2D eigenvalue weighted by atomic mass is 19.4. The molecule has 0 radical (unpaired) electrons.